The highest BCUT2D eigenvalue weighted by molar-refractivity contribution is 9.10. The van der Waals surface area contributed by atoms with Crippen molar-refractivity contribution in [2.45, 2.75) is 39.2 Å². The van der Waals surface area contributed by atoms with Gasteiger partial charge in [0.2, 0.25) is 0 Å². The Hall–Kier alpha value is -0.0500. The van der Waals surface area contributed by atoms with Crippen LogP contribution in [0.3, 0.4) is 0 Å². The second kappa shape index (κ2) is 6.63. The fourth-order valence-electron chi connectivity index (χ4n) is 1.57. The lowest BCUT2D eigenvalue weighted by Gasteiger charge is -2.13. The molecule has 0 amide bonds. The van der Waals surface area contributed by atoms with E-state index in [1.54, 1.807) is 0 Å². The topological polar surface area (TPSA) is 20.2 Å². The second-order valence-corrected chi connectivity index (χ2v) is 5.89. The normalized spacial score (nSPS) is 13.1. The molecule has 0 aliphatic heterocycles. The third-order valence-electron chi connectivity index (χ3n) is 2.55. The molecule has 16 heavy (non-hydrogen) atoms. The Morgan fingerprint density at radius 1 is 1.31 bits per heavy atom. The lowest BCUT2D eigenvalue weighted by molar-refractivity contribution is 0.157. The summed E-state index contributed by atoms with van der Waals surface area (Å²) in [6, 6.07) is 5.79. The van der Waals surface area contributed by atoms with Gasteiger partial charge in [-0.3, -0.25) is 0 Å². The summed E-state index contributed by atoms with van der Waals surface area (Å²) in [5.41, 5.74) is 1.01. The number of hydrogen-bond acceptors (Lipinski definition) is 1. The van der Waals surface area contributed by atoms with Crippen molar-refractivity contribution in [2.24, 2.45) is 5.92 Å². The fraction of sp³-hybridized carbons (Fsp3) is 0.538. The summed E-state index contributed by atoms with van der Waals surface area (Å²) in [6.07, 6.45) is 2.24. The van der Waals surface area contributed by atoms with Gasteiger partial charge in [-0.15, -0.1) is 0 Å². The minimum atomic E-state index is -0.291. The van der Waals surface area contributed by atoms with Crippen LogP contribution in [0.1, 0.15) is 32.3 Å². The van der Waals surface area contributed by atoms with E-state index in [2.05, 4.69) is 29.8 Å². The molecule has 0 fully saturated rings. The average molecular weight is 306 g/mol. The average Bonchev–Trinajstić information content (AvgIpc) is 2.19. The molecule has 0 aliphatic carbocycles. The van der Waals surface area contributed by atoms with Crippen molar-refractivity contribution in [3.05, 3.63) is 33.3 Å². The lowest BCUT2D eigenvalue weighted by Crippen LogP contribution is -2.11. The molecule has 0 radical (unpaired) electrons. The molecule has 1 nitrogen and oxygen atoms in total. The van der Waals surface area contributed by atoms with E-state index >= 15 is 0 Å². The minimum Gasteiger partial charge on any atom is -0.393 e. The Kier molecular flexibility index (Phi) is 5.81. The molecule has 0 saturated heterocycles. The van der Waals surface area contributed by atoms with Gasteiger partial charge in [0.1, 0.15) is 0 Å². The Bertz CT molecular complexity index is 339. The van der Waals surface area contributed by atoms with E-state index in [0.717, 1.165) is 27.9 Å². The van der Waals surface area contributed by atoms with Crippen LogP contribution in [0, 0.1) is 5.92 Å². The zero-order valence-electron chi connectivity index (χ0n) is 9.71. The monoisotopic (exact) mass is 304 g/mol. The van der Waals surface area contributed by atoms with Crippen LogP contribution in [0.4, 0.5) is 0 Å². The predicted octanol–water partition coefficient (Wildman–Crippen LogP) is 4.44. The number of aliphatic hydroxyl groups excluding tert-OH is 1. The van der Waals surface area contributed by atoms with E-state index in [1.165, 1.54) is 0 Å². The molecule has 0 aromatic heterocycles. The Morgan fingerprint density at radius 3 is 2.56 bits per heavy atom. The fourth-order valence-corrected chi connectivity index (χ4v) is 2.32. The summed E-state index contributed by atoms with van der Waals surface area (Å²) in [7, 11) is 0. The molecule has 90 valence electrons. The minimum absolute atomic E-state index is 0.291. The Labute approximate surface area is 111 Å². The number of halogens is 2. The molecule has 1 N–H and O–H groups in total. The van der Waals surface area contributed by atoms with Crippen molar-refractivity contribution in [2.75, 3.05) is 0 Å². The first kappa shape index (κ1) is 14.0. The zero-order valence-corrected chi connectivity index (χ0v) is 12.1. The summed E-state index contributed by atoms with van der Waals surface area (Å²) in [6.45, 7) is 4.33. The van der Waals surface area contributed by atoms with Crippen molar-refractivity contribution >= 4 is 27.5 Å². The van der Waals surface area contributed by atoms with E-state index in [4.69, 9.17) is 11.6 Å². The van der Waals surface area contributed by atoms with Gasteiger partial charge < -0.3 is 5.11 Å². The number of rotatable bonds is 5. The van der Waals surface area contributed by atoms with E-state index in [-0.39, 0.29) is 6.10 Å². The van der Waals surface area contributed by atoms with Crippen molar-refractivity contribution in [1.82, 2.24) is 0 Å². The maximum atomic E-state index is 9.87. The first-order chi connectivity index (χ1) is 7.49. The molecule has 1 aromatic rings. The number of aliphatic hydroxyl groups is 1. The second-order valence-electron chi connectivity index (χ2n) is 4.56. The highest BCUT2D eigenvalue weighted by Crippen LogP contribution is 2.23. The third kappa shape index (κ3) is 4.86. The molecule has 0 aliphatic rings. The van der Waals surface area contributed by atoms with Gasteiger partial charge in [-0.2, -0.15) is 0 Å². The number of benzene rings is 1. The summed E-state index contributed by atoms with van der Waals surface area (Å²) in [4.78, 5) is 0. The molecule has 0 heterocycles. The van der Waals surface area contributed by atoms with Crippen LogP contribution in [0.15, 0.2) is 22.7 Å². The molecule has 1 aromatic carbocycles. The molecule has 0 bridgehead atoms. The molecule has 1 unspecified atom stereocenters. The molecule has 0 spiro atoms. The SMILES string of the molecule is CC(C)CCC(O)Cc1ccc(Br)cc1Cl. The van der Waals surface area contributed by atoms with Crippen LogP contribution in [0.2, 0.25) is 5.02 Å². The smallest absolute Gasteiger partial charge is 0.0581 e. The van der Waals surface area contributed by atoms with Gasteiger partial charge in [0.25, 0.3) is 0 Å². The molecule has 1 rings (SSSR count). The first-order valence-electron chi connectivity index (χ1n) is 5.61. The van der Waals surface area contributed by atoms with Crippen molar-refractivity contribution in [3.8, 4) is 0 Å². The molecule has 1 atom stereocenters. The third-order valence-corrected chi connectivity index (χ3v) is 3.39. The van der Waals surface area contributed by atoms with Crippen LogP contribution in [-0.2, 0) is 6.42 Å². The summed E-state index contributed by atoms with van der Waals surface area (Å²) >= 11 is 9.46. The largest absolute Gasteiger partial charge is 0.393 e. The van der Waals surface area contributed by atoms with Crippen LogP contribution >= 0.6 is 27.5 Å². The van der Waals surface area contributed by atoms with E-state index in [0.29, 0.717) is 12.3 Å². The Balaban J connectivity index is 2.52. The van der Waals surface area contributed by atoms with Crippen molar-refractivity contribution < 1.29 is 5.11 Å². The van der Waals surface area contributed by atoms with E-state index < -0.39 is 0 Å². The summed E-state index contributed by atoms with van der Waals surface area (Å²) in [5.74, 6) is 0.634. The molecular weight excluding hydrogens is 287 g/mol. The van der Waals surface area contributed by atoms with E-state index in [1.807, 2.05) is 18.2 Å². The lowest BCUT2D eigenvalue weighted by atomic mass is 10.00. The maximum absolute atomic E-state index is 9.87. The van der Waals surface area contributed by atoms with Crippen molar-refractivity contribution in [3.63, 3.8) is 0 Å². The predicted molar refractivity (Wildman–Crippen MR) is 72.9 cm³/mol. The van der Waals surface area contributed by atoms with Gasteiger partial charge in [0, 0.05) is 9.50 Å². The Morgan fingerprint density at radius 2 is 2.00 bits per heavy atom. The van der Waals surface area contributed by atoms with E-state index in [9.17, 15) is 5.11 Å². The van der Waals surface area contributed by atoms with Gasteiger partial charge in [0.15, 0.2) is 0 Å². The summed E-state index contributed by atoms with van der Waals surface area (Å²) < 4.78 is 0.970. The summed E-state index contributed by atoms with van der Waals surface area (Å²) in [5, 5.41) is 10.6. The van der Waals surface area contributed by atoms with Crippen LogP contribution in [-0.4, -0.2) is 11.2 Å². The van der Waals surface area contributed by atoms with Gasteiger partial charge in [0.05, 0.1) is 6.10 Å². The zero-order chi connectivity index (χ0) is 12.1. The molecular formula is C13H18BrClO. The van der Waals surface area contributed by atoms with Crippen molar-refractivity contribution in [1.29, 1.82) is 0 Å². The van der Waals surface area contributed by atoms with Crippen LogP contribution < -0.4 is 0 Å². The highest BCUT2D eigenvalue weighted by Gasteiger charge is 2.09. The van der Waals surface area contributed by atoms with Crippen LogP contribution in [0.5, 0.6) is 0 Å². The number of hydrogen-bond donors (Lipinski definition) is 1. The van der Waals surface area contributed by atoms with Gasteiger partial charge in [-0.05, 0) is 42.9 Å². The van der Waals surface area contributed by atoms with Gasteiger partial charge >= 0.3 is 0 Å². The van der Waals surface area contributed by atoms with Gasteiger partial charge in [-0.25, -0.2) is 0 Å². The maximum Gasteiger partial charge on any atom is 0.0581 e. The molecule has 3 heteroatoms. The standard InChI is InChI=1S/C13H18BrClO/c1-9(2)3-6-12(16)7-10-4-5-11(14)8-13(10)15/h4-5,8-9,12,16H,3,6-7H2,1-2H3. The van der Waals surface area contributed by atoms with Crippen LogP contribution in [0.25, 0.3) is 0 Å². The van der Waals surface area contributed by atoms with Gasteiger partial charge in [-0.1, -0.05) is 47.4 Å². The highest BCUT2D eigenvalue weighted by atomic mass is 79.9. The molecule has 0 saturated carbocycles. The first-order valence-corrected chi connectivity index (χ1v) is 6.78. The quantitative estimate of drug-likeness (QED) is 0.852.